The highest BCUT2D eigenvalue weighted by molar-refractivity contribution is 5.91. The van der Waals surface area contributed by atoms with Crippen molar-refractivity contribution in [2.75, 3.05) is 0 Å². The second-order valence-corrected chi connectivity index (χ2v) is 5.23. The zero-order valence-corrected chi connectivity index (χ0v) is 9.75. The fraction of sp³-hybridized carbons (Fsp3) is 0.643. The molecule has 0 radical (unpaired) electrons. The lowest BCUT2D eigenvalue weighted by atomic mass is 9.63. The maximum atomic E-state index is 11.6. The largest absolute Gasteiger partial charge is 0.295 e. The van der Waals surface area contributed by atoms with Crippen LogP contribution < -0.4 is 0 Å². The molecule has 2 rings (SSSR count). The van der Waals surface area contributed by atoms with Crippen LogP contribution in [-0.2, 0) is 4.79 Å². The summed E-state index contributed by atoms with van der Waals surface area (Å²) in [6.45, 7) is 4.55. The van der Waals surface area contributed by atoms with E-state index in [-0.39, 0.29) is 5.41 Å². The molecule has 1 nitrogen and oxygen atoms in total. The summed E-state index contributed by atoms with van der Waals surface area (Å²) in [5.41, 5.74) is 1.64. The first-order chi connectivity index (χ1) is 7.13. The molecule has 2 aliphatic carbocycles. The molecule has 0 fully saturated rings. The van der Waals surface area contributed by atoms with Gasteiger partial charge in [0.05, 0.1) is 0 Å². The quantitative estimate of drug-likeness (QED) is 0.550. The molecular weight excluding hydrogens is 184 g/mol. The van der Waals surface area contributed by atoms with Gasteiger partial charge in [0.25, 0.3) is 0 Å². The lowest BCUT2D eigenvalue weighted by molar-refractivity contribution is -0.117. The molecule has 82 valence electrons. The zero-order valence-electron chi connectivity index (χ0n) is 9.75. The van der Waals surface area contributed by atoms with E-state index in [4.69, 9.17) is 0 Å². The van der Waals surface area contributed by atoms with Gasteiger partial charge in [0.2, 0.25) is 0 Å². The van der Waals surface area contributed by atoms with Crippen LogP contribution in [0.1, 0.15) is 46.0 Å². The van der Waals surface area contributed by atoms with Crippen LogP contribution in [0.3, 0.4) is 0 Å². The monoisotopic (exact) mass is 204 g/mol. The summed E-state index contributed by atoms with van der Waals surface area (Å²) >= 11 is 0. The maximum absolute atomic E-state index is 11.6. The minimum Gasteiger partial charge on any atom is -0.295 e. The molecule has 0 heterocycles. The van der Waals surface area contributed by atoms with Gasteiger partial charge in [-0.1, -0.05) is 31.6 Å². The van der Waals surface area contributed by atoms with Crippen molar-refractivity contribution in [2.45, 2.75) is 46.0 Å². The van der Waals surface area contributed by atoms with Crippen molar-refractivity contribution in [3.05, 3.63) is 23.8 Å². The number of fused-ring (bicyclic) bond motifs is 1. The van der Waals surface area contributed by atoms with Gasteiger partial charge in [-0.15, -0.1) is 0 Å². The lowest BCUT2D eigenvalue weighted by Gasteiger charge is -2.41. The van der Waals surface area contributed by atoms with E-state index in [2.05, 4.69) is 26.0 Å². The number of allylic oxidation sites excluding steroid dienone is 4. The highest BCUT2D eigenvalue weighted by atomic mass is 16.1. The SMILES string of the molecule is C[C@@H]1CC(=O)C=C2CCC/C=C\C[C@]21C. The molecule has 2 aliphatic rings. The van der Waals surface area contributed by atoms with E-state index < -0.39 is 0 Å². The predicted molar refractivity (Wildman–Crippen MR) is 62.6 cm³/mol. The Morgan fingerprint density at radius 2 is 2.20 bits per heavy atom. The van der Waals surface area contributed by atoms with Gasteiger partial charge >= 0.3 is 0 Å². The topological polar surface area (TPSA) is 17.1 Å². The normalized spacial score (nSPS) is 38.7. The van der Waals surface area contributed by atoms with Gasteiger partial charge in [-0.05, 0) is 43.1 Å². The van der Waals surface area contributed by atoms with Gasteiger partial charge in [-0.2, -0.15) is 0 Å². The Bertz CT molecular complexity index is 324. The Balaban J connectivity index is 2.36. The standard InChI is InChI=1S/C14H20O/c1-11-9-13(15)10-12-7-5-3-4-6-8-14(11,12)2/h4,6,10-11H,3,5,7-9H2,1-2H3/b6-4-/t11-,14+/m1/s1. The third-order valence-electron chi connectivity index (χ3n) is 4.19. The first-order valence-electron chi connectivity index (χ1n) is 6.02. The average molecular weight is 204 g/mol. The lowest BCUT2D eigenvalue weighted by Crippen LogP contribution is -2.33. The molecule has 0 unspecified atom stereocenters. The summed E-state index contributed by atoms with van der Waals surface area (Å²) in [5, 5.41) is 0. The van der Waals surface area contributed by atoms with Crippen molar-refractivity contribution in [2.24, 2.45) is 11.3 Å². The Morgan fingerprint density at radius 3 is 3.00 bits per heavy atom. The fourth-order valence-corrected chi connectivity index (χ4v) is 2.81. The Kier molecular flexibility index (Phi) is 2.81. The highest BCUT2D eigenvalue weighted by Gasteiger charge is 2.38. The molecule has 0 amide bonds. The van der Waals surface area contributed by atoms with E-state index in [9.17, 15) is 4.79 Å². The maximum Gasteiger partial charge on any atom is 0.155 e. The van der Waals surface area contributed by atoms with Crippen LogP contribution in [0, 0.1) is 11.3 Å². The predicted octanol–water partition coefficient (Wildman–Crippen LogP) is 3.66. The molecule has 0 spiro atoms. The average Bonchev–Trinajstić information content (AvgIpc) is 2.15. The van der Waals surface area contributed by atoms with Crippen LogP contribution in [0.4, 0.5) is 0 Å². The summed E-state index contributed by atoms with van der Waals surface area (Å²) in [6, 6.07) is 0. The van der Waals surface area contributed by atoms with Crippen LogP contribution in [-0.4, -0.2) is 5.78 Å². The Labute approximate surface area is 92.3 Å². The summed E-state index contributed by atoms with van der Waals surface area (Å²) in [5.74, 6) is 0.826. The molecule has 0 saturated heterocycles. The van der Waals surface area contributed by atoms with Crippen molar-refractivity contribution in [3.63, 3.8) is 0 Å². The smallest absolute Gasteiger partial charge is 0.155 e. The van der Waals surface area contributed by atoms with Crippen molar-refractivity contribution in [1.82, 2.24) is 0 Å². The minimum atomic E-state index is 0.241. The third-order valence-corrected chi connectivity index (χ3v) is 4.19. The van der Waals surface area contributed by atoms with Gasteiger partial charge in [0.15, 0.2) is 5.78 Å². The van der Waals surface area contributed by atoms with E-state index in [1.54, 1.807) is 0 Å². The minimum absolute atomic E-state index is 0.241. The Morgan fingerprint density at radius 1 is 1.40 bits per heavy atom. The van der Waals surface area contributed by atoms with Crippen LogP contribution in [0.25, 0.3) is 0 Å². The molecule has 0 aromatic rings. The van der Waals surface area contributed by atoms with Crippen LogP contribution in [0.15, 0.2) is 23.8 Å². The second kappa shape index (κ2) is 3.96. The van der Waals surface area contributed by atoms with E-state index in [1.165, 1.54) is 12.0 Å². The van der Waals surface area contributed by atoms with Crippen molar-refractivity contribution < 1.29 is 4.79 Å². The summed E-state index contributed by atoms with van der Waals surface area (Å²) < 4.78 is 0. The van der Waals surface area contributed by atoms with Crippen molar-refractivity contribution in [3.8, 4) is 0 Å². The van der Waals surface area contributed by atoms with Gasteiger partial charge < -0.3 is 0 Å². The molecule has 15 heavy (non-hydrogen) atoms. The number of rotatable bonds is 0. The molecule has 0 N–H and O–H groups in total. The van der Waals surface area contributed by atoms with E-state index in [0.717, 1.165) is 25.7 Å². The van der Waals surface area contributed by atoms with E-state index >= 15 is 0 Å². The molecule has 0 aromatic carbocycles. The van der Waals surface area contributed by atoms with Crippen molar-refractivity contribution in [1.29, 1.82) is 0 Å². The number of ketones is 1. The number of hydrogen-bond acceptors (Lipinski definition) is 1. The number of hydrogen-bond donors (Lipinski definition) is 0. The molecule has 0 bridgehead atoms. The summed E-state index contributed by atoms with van der Waals surface area (Å²) in [6.07, 6.45) is 11.8. The second-order valence-electron chi connectivity index (χ2n) is 5.23. The highest BCUT2D eigenvalue weighted by Crippen LogP contribution is 2.46. The first kappa shape index (κ1) is 10.7. The van der Waals surface area contributed by atoms with Gasteiger partial charge in [-0.3, -0.25) is 4.79 Å². The fourth-order valence-electron chi connectivity index (χ4n) is 2.81. The van der Waals surface area contributed by atoms with Crippen LogP contribution in [0.5, 0.6) is 0 Å². The zero-order chi connectivity index (χ0) is 10.9. The summed E-state index contributed by atoms with van der Waals surface area (Å²) in [4.78, 5) is 11.6. The van der Waals surface area contributed by atoms with Crippen molar-refractivity contribution >= 4 is 5.78 Å². The van der Waals surface area contributed by atoms with Gasteiger partial charge in [0.1, 0.15) is 0 Å². The molecule has 0 aliphatic heterocycles. The van der Waals surface area contributed by atoms with E-state index in [0.29, 0.717) is 11.7 Å². The molecule has 1 heteroatoms. The molecular formula is C14H20O. The van der Waals surface area contributed by atoms with Crippen LogP contribution in [0.2, 0.25) is 0 Å². The van der Waals surface area contributed by atoms with Crippen LogP contribution >= 0.6 is 0 Å². The third kappa shape index (κ3) is 1.92. The van der Waals surface area contributed by atoms with E-state index in [1.807, 2.05) is 6.08 Å². The Hall–Kier alpha value is -0.850. The summed E-state index contributed by atoms with van der Waals surface area (Å²) in [7, 11) is 0. The van der Waals surface area contributed by atoms with Gasteiger partial charge in [-0.25, -0.2) is 0 Å². The molecule has 0 aromatic heterocycles. The number of carbonyl (C=O) groups excluding carboxylic acids is 1. The molecule has 0 saturated carbocycles. The van der Waals surface area contributed by atoms with Gasteiger partial charge in [0, 0.05) is 6.42 Å². The molecule has 2 atom stereocenters. The number of carbonyl (C=O) groups is 1. The first-order valence-corrected chi connectivity index (χ1v) is 6.02.